The molecule has 1 amide bonds. The predicted molar refractivity (Wildman–Crippen MR) is 65.0 cm³/mol. The van der Waals surface area contributed by atoms with Gasteiger partial charge in [0.25, 0.3) is 0 Å². The van der Waals surface area contributed by atoms with Crippen molar-refractivity contribution >= 4 is 21.8 Å². The van der Waals surface area contributed by atoms with E-state index in [1.54, 1.807) is 0 Å². The van der Waals surface area contributed by atoms with E-state index in [1.807, 2.05) is 0 Å². The smallest absolute Gasteiger partial charge is 0.236 e. The number of alkyl halides is 1. The topological polar surface area (TPSA) is 20.3 Å². The Kier molecular flexibility index (Phi) is 3.39. The minimum Gasteiger partial charge on any atom is -0.338 e. The monoisotopic (exact) mass is 273 g/mol. The maximum absolute atomic E-state index is 12.2. The van der Waals surface area contributed by atoms with Crippen molar-refractivity contribution < 1.29 is 4.79 Å². The van der Waals surface area contributed by atoms with Crippen molar-refractivity contribution in [2.24, 2.45) is 11.8 Å². The van der Waals surface area contributed by atoms with E-state index in [9.17, 15) is 4.79 Å². The highest BCUT2D eigenvalue weighted by Crippen LogP contribution is 2.38. The molecule has 1 aliphatic heterocycles. The number of hydrogen-bond acceptors (Lipinski definition) is 1. The predicted octanol–water partition coefficient (Wildman–Crippen LogP) is 2.81. The third-order valence-corrected chi connectivity index (χ3v) is 5.31. The summed E-state index contributed by atoms with van der Waals surface area (Å²) < 4.78 is 0. The molecule has 0 radical (unpaired) electrons. The highest BCUT2D eigenvalue weighted by atomic mass is 79.9. The number of hydrogen-bond donors (Lipinski definition) is 0. The Bertz CT molecular complexity index is 254. The highest BCUT2D eigenvalue weighted by molar-refractivity contribution is 9.10. The fourth-order valence-electron chi connectivity index (χ4n) is 2.95. The highest BCUT2D eigenvalue weighted by Gasteiger charge is 2.41. The SMILES string of the molecule is CC(C)C(Br)C(=O)N1CCC2CCCC21. The van der Waals surface area contributed by atoms with Gasteiger partial charge in [0.05, 0.1) is 4.83 Å². The van der Waals surface area contributed by atoms with Gasteiger partial charge < -0.3 is 4.90 Å². The number of amides is 1. The van der Waals surface area contributed by atoms with Crippen LogP contribution in [0.5, 0.6) is 0 Å². The molecule has 0 aromatic rings. The van der Waals surface area contributed by atoms with Gasteiger partial charge in [0.2, 0.25) is 5.91 Å². The molecular formula is C12H20BrNO. The molecule has 1 saturated carbocycles. The van der Waals surface area contributed by atoms with E-state index < -0.39 is 0 Å². The second-order valence-corrected chi connectivity index (χ2v) is 6.21. The average Bonchev–Trinajstić information content (AvgIpc) is 2.75. The summed E-state index contributed by atoms with van der Waals surface area (Å²) in [5, 5.41) is 0. The van der Waals surface area contributed by atoms with Crippen LogP contribution >= 0.6 is 15.9 Å². The second-order valence-electron chi connectivity index (χ2n) is 5.22. The van der Waals surface area contributed by atoms with Crippen LogP contribution < -0.4 is 0 Å². The van der Waals surface area contributed by atoms with Gasteiger partial charge in [-0.15, -0.1) is 0 Å². The first kappa shape index (κ1) is 11.4. The zero-order valence-electron chi connectivity index (χ0n) is 9.58. The number of halogens is 1. The first-order valence-electron chi connectivity index (χ1n) is 6.06. The van der Waals surface area contributed by atoms with Gasteiger partial charge in [-0.1, -0.05) is 36.2 Å². The summed E-state index contributed by atoms with van der Waals surface area (Å²) in [6.07, 6.45) is 5.11. The number of carbonyl (C=O) groups is 1. The van der Waals surface area contributed by atoms with Crippen LogP contribution in [0, 0.1) is 11.8 Å². The van der Waals surface area contributed by atoms with E-state index >= 15 is 0 Å². The Labute approximate surface area is 101 Å². The quantitative estimate of drug-likeness (QED) is 0.709. The molecule has 3 unspecified atom stereocenters. The van der Waals surface area contributed by atoms with Crippen molar-refractivity contribution in [3.8, 4) is 0 Å². The Morgan fingerprint density at radius 1 is 1.33 bits per heavy atom. The Morgan fingerprint density at radius 3 is 2.73 bits per heavy atom. The molecule has 2 rings (SSSR count). The molecule has 1 heterocycles. The molecule has 15 heavy (non-hydrogen) atoms. The Morgan fingerprint density at radius 2 is 2.07 bits per heavy atom. The zero-order valence-corrected chi connectivity index (χ0v) is 11.2. The van der Waals surface area contributed by atoms with Crippen LogP contribution in [0.4, 0.5) is 0 Å². The van der Waals surface area contributed by atoms with Gasteiger partial charge in [0.15, 0.2) is 0 Å². The van der Waals surface area contributed by atoms with Crippen molar-refractivity contribution in [1.82, 2.24) is 4.90 Å². The molecule has 1 saturated heterocycles. The molecule has 0 bridgehead atoms. The van der Waals surface area contributed by atoms with E-state index in [0.29, 0.717) is 17.9 Å². The summed E-state index contributed by atoms with van der Waals surface area (Å²) in [4.78, 5) is 14.4. The van der Waals surface area contributed by atoms with Gasteiger partial charge in [-0.3, -0.25) is 4.79 Å². The first-order chi connectivity index (χ1) is 7.11. The molecule has 2 fully saturated rings. The maximum atomic E-state index is 12.2. The second kappa shape index (κ2) is 4.44. The molecule has 0 aromatic carbocycles. The van der Waals surface area contributed by atoms with Crippen LogP contribution in [0.3, 0.4) is 0 Å². The summed E-state index contributed by atoms with van der Waals surface area (Å²) in [5.74, 6) is 1.51. The van der Waals surface area contributed by atoms with Gasteiger partial charge in [-0.05, 0) is 31.1 Å². The lowest BCUT2D eigenvalue weighted by atomic mass is 10.0. The molecule has 0 aromatic heterocycles. The lowest BCUT2D eigenvalue weighted by molar-refractivity contribution is -0.132. The summed E-state index contributed by atoms with van der Waals surface area (Å²) >= 11 is 3.52. The van der Waals surface area contributed by atoms with Gasteiger partial charge in [-0.2, -0.15) is 0 Å². The van der Waals surface area contributed by atoms with E-state index in [-0.39, 0.29) is 4.83 Å². The van der Waals surface area contributed by atoms with Crippen molar-refractivity contribution in [2.45, 2.75) is 50.4 Å². The van der Waals surface area contributed by atoms with Gasteiger partial charge >= 0.3 is 0 Å². The molecule has 86 valence electrons. The van der Waals surface area contributed by atoms with Crippen LogP contribution in [0.2, 0.25) is 0 Å². The molecule has 3 heteroatoms. The third kappa shape index (κ3) is 2.08. The number of nitrogens with zero attached hydrogens (tertiary/aromatic N) is 1. The first-order valence-corrected chi connectivity index (χ1v) is 6.97. The van der Waals surface area contributed by atoms with E-state index in [4.69, 9.17) is 0 Å². The van der Waals surface area contributed by atoms with Crippen LogP contribution in [0.1, 0.15) is 39.5 Å². The summed E-state index contributed by atoms with van der Waals surface area (Å²) in [6.45, 7) is 5.18. The van der Waals surface area contributed by atoms with Crippen molar-refractivity contribution in [3.63, 3.8) is 0 Å². The third-order valence-electron chi connectivity index (χ3n) is 3.86. The number of fused-ring (bicyclic) bond motifs is 1. The summed E-state index contributed by atoms with van der Waals surface area (Å²) in [5.41, 5.74) is 0. The van der Waals surface area contributed by atoms with E-state index in [1.165, 1.54) is 25.7 Å². The summed E-state index contributed by atoms with van der Waals surface area (Å²) in [6, 6.07) is 0.566. The minimum absolute atomic E-state index is 0.0110. The minimum atomic E-state index is 0.0110. The Balaban J connectivity index is 2.02. The molecule has 2 aliphatic rings. The number of likely N-dealkylation sites (tertiary alicyclic amines) is 1. The summed E-state index contributed by atoms with van der Waals surface area (Å²) in [7, 11) is 0. The molecule has 0 spiro atoms. The van der Waals surface area contributed by atoms with Gasteiger partial charge in [0.1, 0.15) is 0 Å². The van der Waals surface area contributed by atoms with Crippen molar-refractivity contribution in [1.29, 1.82) is 0 Å². The fourth-order valence-corrected chi connectivity index (χ4v) is 3.22. The standard InChI is InChI=1S/C12H20BrNO/c1-8(2)11(13)12(15)14-7-6-9-4-3-5-10(9)14/h8-11H,3-7H2,1-2H3. The Hall–Kier alpha value is -0.0500. The van der Waals surface area contributed by atoms with Crippen LogP contribution in [-0.4, -0.2) is 28.2 Å². The maximum Gasteiger partial charge on any atom is 0.236 e. The molecule has 1 aliphatic carbocycles. The van der Waals surface area contributed by atoms with E-state index in [2.05, 4.69) is 34.7 Å². The number of carbonyl (C=O) groups excluding carboxylic acids is 1. The fraction of sp³-hybridized carbons (Fsp3) is 0.917. The largest absolute Gasteiger partial charge is 0.338 e. The van der Waals surface area contributed by atoms with Crippen molar-refractivity contribution in [3.05, 3.63) is 0 Å². The number of rotatable bonds is 2. The lowest BCUT2D eigenvalue weighted by Crippen LogP contribution is -2.42. The molecule has 0 N–H and O–H groups in total. The lowest BCUT2D eigenvalue weighted by Gasteiger charge is -2.27. The van der Waals surface area contributed by atoms with Gasteiger partial charge in [-0.25, -0.2) is 0 Å². The molecule has 2 nitrogen and oxygen atoms in total. The van der Waals surface area contributed by atoms with Crippen molar-refractivity contribution in [2.75, 3.05) is 6.54 Å². The molecule has 3 atom stereocenters. The average molecular weight is 274 g/mol. The zero-order chi connectivity index (χ0) is 11.0. The normalized spacial score (nSPS) is 32.1. The van der Waals surface area contributed by atoms with Crippen LogP contribution in [-0.2, 0) is 4.79 Å². The van der Waals surface area contributed by atoms with Crippen LogP contribution in [0.25, 0.3) is 0 Å². The van der Waals surface area contributed by atoms with Gasteiger partial charge in [0, 0.05) is 12.6 Å². The van der Waals surface area contributed by atoms with Crippen LogP contribution in [0.15, 0.2) is 0 Å². The van der Waals surface area contributed by atoms with E-state index in [0.717, 1.165) is 12.5 Å². The molecular weight excluding hydrogens is 254 g/mol.